The van der Waals surface area contributed by atoms with Crippen LogP contribution in [0.15, 0.2) is 164 Å². The van der Waals surface area contributed by atoms with Crippen LogP contribution in [0, 0.1) is 22.7 Å². The van der Waals surface area contributed by atoms with Crippen LogP contribution in [0.4, 0.5) is 0 Å². The second-order valence-corrected chi connectivity index (χ2v) is 12.3. The summed E-state index contributed by atoms with van der Waals surface area (Å²) >= 11 is 0. The van der Waals surface area contributed by atoms with Crippen molar-refractivity contribution in [2.45, 2.75) is 0 Å². The van der Waals surface area contributed by atoms with E-state index in [0.717, 1.165) is 71.3 Å². The molecule has 0 aliphatic rings. The molecule has 3 nitrogen and oxygen atoms in total. The molecular formula is C46H27N3. The van der Waals surface area contributed by atoms with Gasteiger partial charge in [-0.3, -0.25) is 0 Å². The number of rotatable bonds is 4. The third kappa shape index (κ3) is 4.49. The molecule has 9 aromatic rings. The molecule has 0 saturated carbocycles. The Morgan fingerprint density at radius 1 is 0.367 bits per heavy atom. The van der Waals surface area contributed by atoms with E-state index >= 15 is 0 Å². The first-order valence-corrected chi connectivity index (χ1v) is 16.3. The highest BCUT2D eigenvalue weighted by Crippen LogP contribution is 2.45. The first-order valence-electron chi connectivity index (χ1n) is 16.3. The maximum absolute atomic E-state index is 10.4. The molecule has 3 heteroatoms. The monoisotopic (exact) mass is 621 g/mol. The number of nitrogens with zero attached hydrogens (tertiary/aromatic N) is 3. The molecule has 0 fully saturated rings. The van der Waals surface area contributed by atoms with Crippen molar-refractivity contribution in [1.29, 1.82) is 10.5 Å². The van der Waals surface area contributed by atoms with E-state index < -0.39 is 0 Å². The molecule has 0 aliphatic heterocycles. The molecule has 226 valence electrons. The van der Waals surface area contributed by atoms with Gasteiger partial charge in [-0.25, -0.2) is 0 Å². The SMILES string of the molecule is N#Cc1cc(-c2ccc(C#N)cc2-n2c3ccccc3c3ccccc32)cc(-c2c3ccccc3c(-c3ccccc3)c3ccccc23)c1. The molecule has 0 atom stereocenters. The standard InChI is InChI=1S/C46H27N3/c47-28-30-22-23-35(44(26-30)49-42-20-10-8-14-36(42)37-15-9-11-21-43(37)49)33-24-31(29-48)25-34(27-33)46-40-18-6-4-16-38(40)45(32-12-2-1-3-13-32)39-17-5-7-19-41(39)46/h1-27H. The number of benzene rings is 8. The number of nitriles is 2. The van der Waals surface area contributed by atoms with Gasteiger partial charge in [0.1, 0.15) is 0 Å². The minimum atomic E-state index is 0.574. The lowest BCUT2D eigenvalue weighted by atomic mass is 9.85. The predicted octanol–water partition coefficient (Wildman–Crippen LogP) is 11.8. The van der Waals surface area contributed by atoms with Gasteiger partial charge in [-0.1, -0.05) is 121 Å². The largest absolute Gasteiger partial charge is 0.309 e. The highest BCUT2D eigenvalue weighted by molar-refractivity contribution is 6.21. The van der Waals surface area contributed by atoms with Gasteiger partial charge in [-0.05, 0) is 91.8 Å². The third-order valence-corrected chi connectivity index (χ3v) is 9.60. The molecule has 0 bridgehead atoms. The lowest BCUT2D eigenvalue weighted by molar-refractivity contribution is 1.18. The van der Waals surface area contributed by atoms with Crippen molar-refractivity contribution in [1.82, 2.24) is 4.57 Å². The highest BCUT2D eigenvalue weighted by atomic mass is 15.0. The van der Waals surface area contributed by atoms with Crippen LogP contribution in [0.25, 0.3) is 82.4 Å². The van der Waals surface area contributed by atoms with E-state index in [0.29, 0.717) is 11.1 Å². The quantitative estimate of drug-likeness (QED) is 0.184. The molecule has 1 heterocycles. The van der Waals surface area contributed by atoms with Crippen molar-refractivity contribution in [3.05, 3.63) is 175 Å². The fourth-order valence-corrected chi connectivity index (χ4v) is 7.56. The predicted molar refractivity (Wildman–Crippen MR) is 202 cm³/mol. The van der Waals surface area contributed by atoms with Crippen molar-refractivity contribution in [2.24, 2.45) is 0 Å². The molecular weight excluding hydrogens is 595 g/mol. The normalized spacial score (nSPS) is 11.2. The minimum absolute atomic E-state index is 0.574. The Morgan fingerprint density at radius 2 is 0.837 bits per heavy atom. The number of para-hydroxylation sites is 2. The summed E-state index contributed by atoms with van der Waals surface area (Å²) in [5, 5.41) is 27.3. The van der Waals surface area contributed by atoms with Gasteiger partial charge >= 0.3 is 0 Å². The lowest BCUT2D eigenvalue weighted by Crippen LogP contribution is -1.99. The Kier molecular flexibility index (Phi) is 6.58. The van der Waals surface area contributed by atoms with Crippen molar-refractivity contribution >= 4 is 43.4 Å². The van der Waals surface area contributed by atoms with Gasteiger partial charge in [0.2, 0.25) is 0 Å². The fourth-order valence-electron chi connectivity index (χ4n) is 7.56. The van der Waals surface area contributed by atoms with E-state index in [1.165, 1.54) is 11.1 Å². The molecule has 9 rings (SSSR count). The average Bonchev–Trinajstić information content (AvgIpc) is 3.51. The van der Waals surface area contributed by atoms with Gasteiger partial charge < -0.3 is 4.57 Å². The molecule has 0 spiro atoms. The van der Waals surface area contributed by atoms with Gasteiger partial charge in [0.25, 0.3) is 0 Å². The zero-order valence-corrected chi connectivity index (χ0v) is 26.4. The lowest BCUT2D eigenvalue weighted by Gasteiger charge is -2.19. The molecule has 0 unspecified atom stereocenters. The Morgan fingerprint density at radius 3 is 1.39 bits per heavy atom. The summed E-state index contributed by atoms with van der Waals surface area (Å²) in [5.41, 5.74) is 10.5. The van der Waals surface area contributed by atoms with Gasteiger partial charge in [0, 0.05) is 16.3 Å². The molecule has 0 radical (unpaired) electrons. The molecule has 8 aromatic carbocycles. The number of aromatic nitrogens is 1. The van der Waals surface area contributed by atoms with E-state index in [-0.39, 0.29) is 0 Å². The smallest absolute Gasteiger partial charge is 0.0992 e. The van der Waals surface area contributed by atoms with E-state index in [1.807, 2.05) is 36.4 Å². The van der Waals surface area contributed by atoms with Crippen LogP contribution in [0.2, 0.25) is 0 Å². The summed E-state index contributed by atoms with van der Waals surface area (Å²) in [6.45, 7) is 0. The summed E-state index contributed by atoms with van der Waals surface area (Å²) in [6, 6.07) is 61.3. The van der Waals surface area contributed by atoms with Crippen LogP contribution < -0.4 is 0 Å². The topological polar surface area (TPSA) is 52.5 Å². The summed E-state index contributed by atoms with van der Waals surface area (Å²) in [5.74, 6) is 0. The summed E-state index contributed by atoms with van der Waals surface area (Å²) in [4.78, 5) is 0. The van der Waals surface area contributed by atoms with E-state index in [4.69, 9.17) is 0 Å². The van der Waals surface area contributed by atoms with E-state index in [1.54, 1.807) is 0 Å². The Hall–Kier alpha value is -6.94. The second kappa shape index (κ2) is 11.4. The molecule has 1 aromatic heterocycles. The minimum Gasteiger partial charge on any atom is -0.309 e. The average molecular weight is 622 g/mol. The molecule has 0 saturated heterocycles. The maximum atomic E-state index is 10.4. The van der Waals surface area contributed by atoms with Crippen molar-refractivity contribution < 1.29 is 0 Å². The maximum Gasteiger partial charge on any atom is 0.0992 e. The van der Waals surface area contributed by atoms with Crippen molar-refractivity contribution in [3.63, 3.8) is 0 Å². The first kappa shape index (κ1) is 28.3. The molecule has 0 N–H and O–H groups in total. The first-order chi connectivity index (χ1) is 24.2. The zero-order valence-electron chi connectivity index (χ0n) is 26.4. The molecule has 0 aliphatic carbocycles. The summed E-state index contributed by atoms with van der Waals surface area (Å²) in [6.07, 6.45) is 0. The zero-order chi connectivity index (χ0) is 32.9. The Labute approximate surface area is 283 Å². The number of fused-ring (bicyclic) bond motifs is 5. The van der Waals surface area contributed by atoms with Crippen LogP contribution in [0.5, 0.6) is 0 Å². The van der Waals surface area contributed by atoms with Crippen molar-refractivity contribution in [3.8, 4) is 51.2 Å². The van der Waals surface area contributed by atoms with E-state index in [2.05, 4.69) is 144 Å². The van der Waals surface area contributed by atoms with Crippen molar-refractivity contribution in [2.75, 3.05) is 0 Å². The number of hydrogen-bond donors (Lipinski definition) is 0. The van der Waals surface area contributed by atoms with Gasteiger partial charge in [0.05, 0.1) is 40.0 Å². The van der Waals surface area contributed by atoms with Gasteiger partial charge in [-0.15, -0.1) is 0 Å². The molecule has 0 amide bonds. The molecule has 49 heavy (non-hydrogen) atoms. The Bertz CT molecular complexity index is 2740. The van der Waals surface area contributed by atoms with E-state index in [9.17, 15) is 10.5 Å². The van der Waals surface area contributed by atoms with Gasteiger partial charge in [-0.2, -0.15) is 10.5 Å². The fraction of sp³-hybridized carbons (Fsp3) is 0. The van der Waals surface area contributed by atoms with Crippen LogP contribution in [-0.4, -0.2) is 4.57 Å². The van der Waals surface area contributed by atoms with Crippen LogP contribution in [-0.2, 0) is 0 Å². The van der Waals surface area contributed by atoms with Crippen LogP contribution in [0.1, 0.15) is 11.1 Å². The number of hydrogen-bond acceptors (Lipinski definition) is 2. The summed E-state index contributed by atoms with van der Waals surface area (Å²) in [7, 11) is 0. The second-order valence-electron chi connectivity index (χ2n) is 12.3. The third-order valence-electron chi connectivity index (χ3n) is 9.60. The summed E-state index contributed by atoms with van der Waals surface area (Å²) < 4.78 is 2.25. The highest BCUT2D eigenvalue weighted by Gasteiger charge is 2.20. The van der Waals surface area contributed by atoms with Crippen LogP contribution in [0.3, 0.4) is 0 Å². The van der Waals surface area contributed by atoms with Gasteiger partial charge in [0.15, 0.2) is 0 Å². The van der Waals surface area contributed by atoms with Crippen LogP contribution >= 0.6 is 0 Å². The Balaban J connectivity index is 1.36.